The summed E-state index contributed by atoms with van der Waals surface area (Å²) in [4.78, 5) is 42.4. The Hall–Kier alpha value is -3.44. The van der Waals surface area contributed by atoms with Crippen molar-refractivity contribution in [1.29, 1.82) is 0 Å². The first-order valence-corrected chi connectivity index (χ1v) is 16.6. The van der Waals surface area contributed by atoms with Crippen LogP contribution in [0.5, 0.6) is 5.75 Å². The summed E-state index contributed by atoms with van der Waals surface area (Å²) in [5.41, 5.74) is 1.97. The second kappa shape index (κ2) is 13.7. The molecule has 11 heteroatoms. The van der Waals surface area contributed by atoms with Crippen LogP contribution in [-0.2, 0) is 4.79 Å². The maximum absolute atomic E-state index is 13.2. The molecule has 11 nitrogen and oxygen atoms in total. The van der Waals surface area contributed by atoms with Gasteiger partial charge in [-0.05, 0) is 82.2 Å². The van der Waals surface area contributed by atoms with Gasteiger partial charge in [0, 0.05) is 44.3 Å². The number of carbonyl (C=O) groups excluding carboxylic acids is 2. The number of aromatic nitrogens is 2. The van der Waals surface area contributed by atoms with E-state index in [0.717, 1.165) is 75.7 Å². The summed E-state index contributed by atoms with van der Waals surface area (Å²) >= 11 is 0. The van der Waals surface area contributed by atoms with E-state index in [2.05, 4.69) is 37.7 Å². The molecule has 238 valence electrons. The number of hydrogen-bond donors (Lipinski definition) is 3. The highest BCUT2D eigenvalue weighted by Crippen LogP contribution is 2.40. The van der Waals surface area contributed by atoms with E-state index in [-0.39, 0.29) is 23.9 Å². The molecule has 44 heavy (non-hydrogen) atoms. The first kappa shape index (κ1) is 30.6. The predicted molar refractivity (Wildman–Crippen MR) is 173 cm³/mol. The summed E-state index contributed by atoms with van der Waals surface area (Å²) in [6.07, 6.45) is 11.4. The van der Waals surface area contributed by atoms with Gasteiger partial charge in [-0.3, -0.25) is 9.59 Å². The Morgan fingerprint density at radius 2 is 1.84 bits per heavy atom. The smallest absolute Gasteiger partial charge is 0.251 e. The number of likely N-dealkylation sites (N-methyl/N-ethyl adjacent to an activating group) is 1. The van der Waals surface area contributed by atoms with E-state index < -0.39 is 0 Å². The van der Waals surface area contributed by atoms with E-state index in [1.165, 1.54) is 32.2 Å². The molecule has 3 N–H and O–H groups in total. The molecule has 4 aliphatic rings. The van der Waals surface area contributed by atoms with E-state index in [1.807, 2.05) is 12.1 Å². The number of nitrogens with zero attached hydrogens (tertiary/aromatic N) is 5. The average Bonchev–Trinajstić information content (AvgIpc) is 3.59. The van der Waals surface area contributed by atoms with Crippen LogP contribution in [0.15, 0.2) is 24.4 Å². The van der Waals surface area contributed by atoms with Crippen molar-refractivity contribution in [3.8, 4) is 5.75 Å². The van der Waals surface area contributed by atoms with Crippen LogP contribution in [0.3, 0.4) is 0 Å². The van der Waals surface area contributed by atoms with Crippen LogP contribution in [0.1, 0.15) is 75.1 Å². The number of nitrogens with one attached hydrogen (secondary N) is 3. The first-order chi connectivity index (χ1) is 21.4. The summed E-state index contributed by atoms with van der Waals surface area (Å²) < 4.78 is 5.69. The molecule has 3 aliphatic heterocycles. The van der Waals surface area contributed by atoms with E-state index in [4.69, 9.17) is 9.72 Å². The van der Waals surface area contributed by atoms with Crippen molar-refractivity contribution in [2.45, 2.75) is 82.8 Å². The number of hydrogen-bond acceptors (Lipinski definition) is 9. The number of methoxy groups -OCH3 is 1. The third-order valence-electron chi connectivity index (χ3n) is 10.0. The zero-order chi connectivity index (χ0) is 30.6. The van der Waals surface area contributed by atoms with Crippen molar-refractivity contribution in [2.24, 2.45) is 5.92 Å². The molecule has 0 unspecified atom stereocenters. The van der Waals surface area contributed by atoms with Crippen LogP contribution in [-0.4, -0.2) is 91.7 Å². The molecule has 1 atom stereocenters. The van der Waals surface area contributed by atoms with E-state index in [1.54, 1.807) is 31.3 Å². The number of piperidine rings is 2. The number of likely N-dealkylation sites (tertiary alicyclic amines) is 1. The van der Waals surface area contributed by atoms with Gasteiger partial charge in [-0.25, -0.2) is 4.98 Å². The Balaban J connectivity index is 1.11. The fourth-order valence-corrected chi connectivity index (χ4v) is 7.46. The van der Waals surface area contributed by atoms with Crippen molar-refractivity contribution in [3.05, 3.63) is 30.0 Å². The largest absolute Gasteiger partial charge is 0.495 e. The molecule has 4 heterocycles. The minimum atomic E-state index is -0.229. The fraction of sp³-hybridized carbons (Fsp3) is 0.636. The molecule has 0 radical (unpaired) electrons. The van der Waals surface area contributed by atoms with Crippen LogP contribution in [0, 0.1) is 5.92 Å². The van der Waals surface area contributed by atoms with Gasteiger partial charge in [0.25, 0.3) is 5.91 Å². The topological polar surface area (TPSA) is 115 Å². The van der Waals surface area contributed by atoms with Gasteiger partial charge in [0.1, 0.15) is 17.5 Å². The maximum Gasteiger partial charge on any atom is 0.251 e. The van der Waals surface area contributed by atoms with Gasteiger partial charge in [0.15, 0.2) is 5.82 Å². The van der Waals surface area contributed by atoms with Crippen LogP contribution in [0.4, 0.5) is 23.1 Å². The molecule has 2 aromatic rings. The molecule has 1 saturated carbocycles. The second-order valence-electron chi connectivity index (χ2n) is 12.9. The predicted octanol–water partition coefficient (Wildman–Crippen LogP) is 3.93. The molecule has 1 aromatic heterocycles. The van der Waals surface area contributed by atoms with Gasteiger partial charge in [-0.15, -0.1) is 0 Å². The molecule has 6 rings (SSSR count). The highest BCUT2D eigenvalue weighted by Gasteiger charge is 2.41. The van der Waals surface area contributed by atoms with Crippen molar-refractivity contribution in [2.75, 3.05) is 62.0 Å². The Bertz CT molecular complexity index is 1320. The average molecular weight is 605 g/mol. The number of rotatable bonds is 9. The summed E-state index contributed by atoms with van der Waals surface area (Å²) in [5.74, 6) is 2.56. The lowest BCUT2D eigenvalue weighted by atomic mass is 9.96. The molecule has 0 bridgehead atoms. The zero-order valence-electron chi connectivity index (χ0n) is 26.5. The Labute approximate surface area is 261 Å². The zero-order valence-corrected chi connectivity index (χ0v) is 26.5. The maximum atomic E-state index is 13.2. The van der Waals surface area contributed by atoms with Crippen molar-refractivity contribution < 1.29 is 14.3 Å². The number of benzene rings is 1. The van der Waals surface area contributed by atoms with E-state index >= 15 is 0 Å². The molecule has 3 fully saturated rings. The van der Waals surface area contributed by atoms with Gasteiger partial charge in [-0.2, -0.15) is 4.98 Å². The summed E-state index contributed by atoms with van der Waals surface area (Å²) in [6, 6.07) is 5.68. The lowest BCUT2D eigenvalue weighted by molar-refractivity contribution is -0.120. The van der Waals surface area contributed by atoms with Gasteiger partial charge in [0.2, 0.25) is 11.9 Å². The number of fused-ring (bicyclic) bond motifs is 1. The first-order valence-electron chi connectivity index (χ1n) is 16.6. The molecular formula is C33H48N8O3. The molecule has 2 saturated heterocycles. The number of amides is 2. The monoisotopic (exact) mass is 604 g/mol. The van der Waals surface area contributed by atoms with E-state index in [9.17, 15) is 9.59 Å². The summed E-state index contributed by atoms with van der Waals surface area (Å²) in [5, 5.41) is 10.0. The van der Waals surface area contributed by atoms with Gasteiger partial charge in [-0.1, -0.05) is 19.8 Å². The van der Waals surface area contributed by atoms with Gasteiger partial charge >= 0.3 is 0 Å². The number of carbonyl (C=O) groups is 2. The Morgan fingerprint density at radius 3 is 2.55 bits per heavy atom. The van der Waals surface area contributed by atoms with Crippen molar-refractivity contribution >= 4 is 35.0 Å². The number of ether oxygens (including phenoxy) is 1. The van der Waals surface area contributed by atoms with E-state index in [0.29, 0.717) is 29.0 Å². The van der Waals surface area contributed by atoms with Crippen LogP contribution in [0.2, 0.25) is 0 Å². The number of anilines is 4. The van der Waals surface area contributed by atoms with Gasteiger partial charge < -0.3 is 35.4 Å². The second-order valence-corrected chi connectivity index (χ2v) is 12.9. The highest BCUT2D eigenvalue weighted by atomic mass is 16.5. The normalized spacial score (nSPS) is 22.2. The summed E-state index contributed by atoms with van der Waals surface area (Å²) in [6.45, 7) is 7.56. The van der Waals surface area contributed by atoms with Gasteiger partial charge in [0.05, 0.1) is 19.0 Å². The third kappa shape index (κ3) is 6.49. The fourth-order valence-electron chi connectivity index (χ4n) is 7.46. The minimum Gasteiger partial charge on any atom is -0.495 e. The van der Waals surface area contributed by atoms with Crippen LogP contribution >= 0.6 is 0 Å². The molecule has 1 aromatic carbocycles. The Kier molecular flexibility index (Phi) is 9.51. The molecule has 0 spiro atoms. The van der Waals surface area contributed by atoms with Crippen LogP contribution in [0.25, 0.3) is 0 Å². The molecule has 1 aliphatic carbocycles. The van der Waals surface area contributed by atoms with Crippen molar-refractivity contribution in [1.82, 2.24) is 25.5 Å². The standard InChI is InChI=1S/C33H48N8O3/c1-4-27-32(43)39(2)28-20-35-33(38-30(28)41(27)25-7-5-6-8-25)37-26-10-9-23(19-29(26)44-3)31(42)36-24-13-17-40(18-14-24)21-22-11-15-34-16-12-22/h9-10,19-20,22,24-25,27,34H,4-8,11-18,21H2,1-3H3,(H,36,42)(H,35,37,38)/t27-/m1/s1. The molecular weight excluding hydrogens is 556 g/mol. The Morgan fingerprint density at radius 1 is 1.09 bits per heavy atom. The summed E-state index contributed by atoms with van der Waals surface area (Å²) in [7, 11) is 3.40. The van der Waals surface area contributed by atoms with Crippen LogP contribution < -0.4 is 30.5 Å². The molecule has 2 amide bonds. The lowest BCUT2D eigenvalue weighted by Gasteiger charge is -2.43. The highest BCUT2D eigenvalue weighted by molar-refractivity contribution is 6.04. The quantitative estimate of drug-likeness (QED) is 0.392. The minimum absolute atomic E-state index is 0.0813. The lowest BCUT2D eigenvalue weighted by Crippen LogP contribution is -2.55. The SMILES string of the molecule is CC[C@@H]1C(=O)N(C)c2cnc(Nc3ccc(C(=O)NC4CCN(CC5CCNCC5)CC4)cc3OC)nc2N1C1CCCC1. The van der Waals surface area contributed by atoms with Crippen molar-refractivity contribution in [3.63, 3.8) is 0 Å². The third-order valence-corrected chi connectivity index (χ3v) is 10.0.